The third-order valence-electron chi connectivity index (χ3n) is 1.73. The van der Waals surface area contributed by atoms with Gasteiger partial charge < -0.3 is 9.74 Å². The van der Waals surface area contributed by atoms with Crippen molar-refractivity contribution in [3.63, 3.8) is 0 Å². The minimum absolute atomic E-state index is 0.452. The van der Waals surface area contributed by atoms with Crippen molar-refractivity contribution >= 4 is 11.7 Å². The van der Waals surface area contributed by atoms with Crippen LogP contribution in [0, 0.1) is 0 Å². The maximum absolute atomic E-state index is 10.9. The maximum Gasteiger partial charge on any atom is 0.356 e. The Hall–Kier alpha value is -1.55. The summed E-state index contributed by atoms with van der Waals surface area (Å²) in [4.78, 5) is 17.0. The molecule has 0 atom stereocenters. The van der Waals surface area contributed by atoms with Crippen LogP contribution in [0.25, 0.3) is 0 Å². The van der Waals surface area contributed by atoms with Crippen LogP contribution in [0.2, 0.25) is 0 Å². The number of hydrogen-bond acceptors (Lipinski definition) is 4. The third-order valence-corrected chi connectivity index (χ3v) is 1.73. The first-order valence-electron chi connectivity index (χ1n) is 3.83. The SMILES string of the molecule is CN(C)c1ccc(C(=O)ON)cc1. The molecule has 0 fully saturated rings. The molecule has 1 rings (SSSR count). The summed E-state index contributed by atoms with van der Waals surface area (Å²) in [6, 6.07) is 6.99. The van der Waals surface area contributed by atoms with Crippen molar-refractivity contribution in [2.75, 3.05) is 19.0 Å². The van der Waals surface area contributed by atoms with Gasteiger partial charge in [-0.1, -0.05) is 0 Å². The number of benzene rings is 1. The second kappa shape index (κ2) is 3.91. The van der Waals surface area contributed by atoms with Gasteiger partial charge in [0.2, 0.25) is 0 Å². The van der Waals surface area contributed by atoms with Crippen molar-refractivity contribution in [2.24, 2.45) is 5.90 Å². The molecule has 0 saturated carbocycles. The van der Waals surface area contributed by atoms with E-state index in [9.17, 15) is 4.79 Å². The molecular weight excluding hydrogens is 168 g/mol. The second-order valence-electron chi connectivity index (χ2n) is 2.85. The minimum Gasteiger partial charge on any atom is -0.378 e. The topological polar surface area (TPSA) is 55.6 Å². The predicted molar refractivity (Wildman–Crippen MR) is 50.4 cm³/mol. The molecule has 1 aromatic carbocycles. The van der Waals surface area contributed by atoms with Crippen LogP contribution in [0.4, 0.5) is 5.69 Å². The largest absolute Gasteiger partial charge is 0.378 e. The lowest BCUT2D eigenvalue weighted by Crippen LogP contribution is -2.11. The van der Waals surface area contributed by atoms with E-state index in [1.165, 1.54) is 0 Å². The predicted octanol–water partition coefficient (Wildman–Crippen LogP) is 0.783. The van der Waals surface area contributed by atoms with E-state index < -0.39 is 5.97 Å². The Labute approximate surface area is 76.9 Å². The third kappa shape index (κ3) is 2.19. The molecule has 13 heavy (non-hydrogen) atoms. The summed E-state index contributed by atoms with van der Waals surface area (Å²) in [7, 11) is 3.85. The lowest BCUT2D eigenvalue weighted by Gasteiger charge is -2.11. The van der Waals surface area contributed by atoms with Crippen LogP contribution < -0.4 is 10.8 Å². The normalized spacial score (nSPS) is 9.46. The van der Waals surface area contributed by atoms with Crippen molar-refractivity contribution < 1.29 is 9.63 Å². The lowest BCUT2D eigenvalue weighted by molar-refractivity contribution is 0.0503. The summed E-state index contributed by atoms with van der Waals surface area (Å²) in [5.74, 6) is 4.22. The molecule has 0 bridgehead atoms. The average molecular weight is 180 g/mol. The molecule has 0 saturated heterocycles. The number of nitrogens with two attached hydrogens (primary N) is 1. The summed E-state index contributed by atoms with van der Waals surface area (Å²) >= 11 is 0. The van der Waals surface area contributed by atoms with Crippen LogP contribution in [-0.4, -0.2) is 20.1 Å². The molecule has 0 aliphatic heterocycles. The Kier molecular flexibility index (Phi) is 2.87. The molecule has 0 spiro atoms. The highest BCUT2D eigenvalue weighted by atomic mass is 16.7. The van der Waals surface area contributed by atoms with E-state index in [0.717, 1.165) is 5.69 Å². The summed E-state index contributed by atoms with van der Waals surface area (Å²) < 4.78 is 0. The number of nitrogens with zero attached hydrogens (tertiary/aromatic N) is 1. The van der Waals surface area contributed by atoms with Gasteiger partial charge in [-0.05, 0) is 24.3 Å². The highest BCUT2D eigenvalue weighted by molar-refractivity contribution is 5.89. The minimum atomic E-state index is -0.523. The van der Waals surface area contributed by atoms with E-state index in [0.29, 0.717) is 5.56 Å². The van der Waals surface area contributed by atoms with E-state index >= 15 is 0 Å². The van der Waals surface area contributed by atoms with Crippen molar-refractivity contribution in [3.8, 4) is 0 Å². The zero-order valence-corrected chi connectivity index (χ0v) is 7.65. The van der Waals surface area contributed by atoms with Crippen molar-refractivity contribution in [1.82, 2.24) is 0 Å². The van der Waals surface area contributed by atoms with Gasteiger partial charge in [-0.15, -0.1) is 0 Å². The molecule has 2 N–H and O–H groups in total. The fourth-order valence-corrected chi connectivity index (χ4v) is 0.964. The molecule has 4 nitrogen and oxygen atoms in total. The molecule has 0 aromatic heterocycles. The molecule has 70 valence electrons. The first-order chi connectivity index (χ1) is 6.15. The first kappa shape index (κ1) is 9.54. The highest BCUT2D eigenvalue weighted by Crippen LogP contribution is 2.12. The summed E-state index contributed by atoms with van der Waals surface area (Å²) in [5.41, 5.74) is 1.47. The zero-order chi connectivity index (χ0) is 9.84. The number of carbonyl (C=O) groups is 1. The lowest BCUT2D eigenvalue weighted by atomic mass is 10.2. The monoisotopic (exact) mass is 180 g/mol. The Morgan fingerprint density at radius 3 is 2.23 bits per heavy atom. The van der Waals surface area contributed by atoms with Crippen LogP contribution in [0.1, 0.15) is 10.4 Å². The average Bonchev–Trinajstić information content (AvgIpc) is 2.17. The van der Waals surface area contributed by atoms with Gasteiger partial charge in [-0.3, -0.25) is 0 Å². The smallest absolute Gasteiger partial charge is 0.356 e. The number of hydrogen-bond donors (Lipinski definition) is 1. The summed E-state index contributed by atoms with van der Waals surface area (Å²) in [6.45, 7) is 0. The van der Waals surface area contributed by atoms with Gasteiger partial charge in [0.05, 0.1) is 5.56 Å². The van der Waals surface area contributed by atoms with Crippen molar-refractivity contribution in [1.29, 1.82) is 0 Å². The zero-order valence-electron chi connectivity index (χ0n) is 7.65. The van der Waals surface area contributed by atoms with Crippen molar-refractivity contribution in [2.45, 2.75) is 0 Å². The van der Waals surface area contributed by atoms with Crippen molar-refractivity contribution in [3.05, 3.63) is 29.8 Å². The van der Waals surface area contributed by atoms with Gasteiger partial charge in [0.25, 0.3) is 0 Å². The number of anilines is 1. The molecule has 1 aromatic rings. The molecule has 0 radical (unpaired) electrons. The second-order valence-corrected chi connectivity index (χ2v) is 2.85. The molecule has 0 unspecified atom stereocenters. The van der Waals surface area contributed by atoms with Gasteiger partial charge in [0.1, 0.15) is 0 Å². The van der Waals surface area contributed by atoms with Crippen LogP contribution in [0.15, 0.2) is 24.3 Å². The van der Waals surface area contributed by atoms with Gasteiger partial charge in [-0.2, -0.15) is 5.90 Å². The fourth-order valence-electron chi connectivity index (χ4n) is 0.964. The first-order valence-corrected chi connectivity index (χ1v) is 3.83. The Balaban J connectivity index is 2.87. The molecule has 0 aliphatic carbocycles. The number of carbonyl (C=O) groups excluding carboxylic acids is 1. The highest BCUT2D eigenvalue weighted by Gasteiger charge is 2.04. The summed E-state index contributed by atoms with van der Waals surface area (Å²) in [6.07, 6.45) is 0. The van der Waals surface area contributed by atoms with Crippen LogP contribution in [-0.2, 0) is 4.84 Å². The van der Waals surface area contributed by atoms with Gasteiger partial charge in [0.15, 0.2) is 0 Å². The van der Waals surface area contributed by atoms with Gasteiger partial charge >= 0.3 is 5.97 Å². The van der Waals surface area contributed by atoms with Crippen LogP contribution in [0.3, 0.4) is 0 Å². The van der Waals surface area contributed by atoms with Gasteiger partial charge in [-0.25, -0.2) is 4.79 Å². The Morgan fingerprint density at radius 1 is 1.31 bits per heavy atom. The van der Waals surface area contributed by atoms with E-state index in [2.05, 4.69) is 4.84 Å². The van der Waals surface area contributed by atoms with E-state index in [1.807, 2.05) is 31.1 Å². The molecule has 4 heteroatoms. The van der Waals surface area contributed by atoms with Gasteiger partial charge in [0, 0.05) is 19.8 Å². The standard InChI is InChI=1S/C9H12N2O2/c1-11(2)8-5-3-7(4-6-8)9(12)13-10/h3-6H,10H2,1-2H3. The molecule has 0 heterocycles. The number of rotatable bonds is 2. The van der Waals surface area contributed by atoms with E-state index in [4.69, 9.17) is 5.90 Å². The summed E-state index contributed by atoms with van der Waals surface area (Å²) in [5, 5.41) is 0. The quantitative estimate of drug-likeness (QED) is 0.683. The molecule has 0 amide bonds. The maximum atomic E-state index is 10.9. The Morgan fingerprint density at radius 2 is 1.85 bits per heavy atom. The van der Waals surface area contributed by atoms with E-state index in [1.54, 1.807) is 12.1 Å². The molecule has 0 aliphatic rings. The van der Waals surface area contributed by atoms with Crippen LogP contribution in [0.5, 0.6) is 0 Å². The van der Waals surface area contributed by atoms with Crippen LogP contribution >= 0.6 is 0 Å². The molecular formula is C9H12N2O2. The Bertz CT molecular complexity index is 293. The fraction of sp³-hybridized carbons (Fsp3) is 0.222. The van der Waals surface area contributed by atoms with E-state index in [-0.39, 0.29) is 0 Å².